The molecule has 0 N–H and O–H groups in total. The van der Waals surface area contributed by atoms with Gasteiger partial charge in [0, 0.05) is 18.5 Å². The van der Waals surface area contributed by atoms with Gasteiger partial charge < -0.3 is 0 Å². The zero-order valence-electron chi connectivity index (χ0n) is 9.20. The first-order valence-corrected chi connectivity index (χ1v) is 5.98. The predicted octanol–water partition coefficient (Wildman–Crippen LogP) is 4.07. The monoisotopic (exact) mass is 290 g/mol. The third kappa shape index (κ3) is 4.30. The highest BCUT2D eigenvalue weighted by atomic mass is 35.5. The summed E-state index contributed by atoms with van der Waals surface area (Å²) in [6.45, 7) is 1.65. The second-order valence-corrected chi connectivity index (χ2v) is 4.51. The van der Waals surface area contributed by atoms with Gasteiger partial charge in [0.05, 0.1) is 16.6 Å². The molecule has 0 unspecified atom stereocenters. The maximum atomic E-state index is 5.90. The zero-order chi connectivity index (χ0) is 11.4. The Bertz CT molecular complexity index is 441. The number of rotatable bonds is 3. The van der Waals surface area contributed by atoms with E-state index in [0.717, 1.165) is 24.9 Å². The molecule has 1 aromatic rings. The molecular formula is C12H13Cl3N2. The first-order valence-electron chi connectivity index (χ1n) is 5.23. The molecule has 2 nitrogen and oxygen atoms in total. The van der Waals surface area contributed by atoms with Crippen LogP contribution in [-0.4, -0.2) is 25.0 Å². The molecular weight excluding hydrogens is 279 g/mol. The molecule has 0 saturated carbocycles. The van der Waals surface area contributed by atoms with Crippen molar-refractivity contribution >= 4 is 47.5 Å². The molecule has 0 radical (unpaired) electrons. The fourth-order valence-electron chi connectivity index (χ4n) is 1.58. The second-order valence-electron chi connectivity index (χ2n) is 3.69. The normalized spacial score (nSPS) is 14.8. The van der Waals surface area contributed by atoms with Crippen molar-refractivity contribution in [2.45, 2.75) is 12.8 Å². The average Bonchev–Trinajstić information content (AvgIpc) is 2.76. The Hall–Kier alpha value is -0.570. The van der Waals surface area contributed by atoms with Crippen LogP contribution < -0.4 is 0 Å². The van der Waals surface area contributed by atoms with Crippen molar-refractivity contribution in [3.8, 4) is 0 Å². The smallest absolute Gasteiger partial charge is 0.0768 e. The van der Waals surface area contributed by atoms with E-state index in [9.17, 15) is 0 Å². The fourth-order valence-corrected chi connectivity index (χ4v) is 1.88. The molecule has 1 aliphatic heterocycles. The van der Waals surface area contributed by atoms with Crippen LogP contribution in [0.25, 0.3) is 0 Å². The lowest BCUT2D eigenvalue weighted by molar-refractivity contribution is 0.949. The van der Waals surface area contributed by atoms with E-state index < -0.39 is 0 Å². The van der Waals surface area contributed by atoms with Crippen molar-refractivity contribution in [3.63, 3.8) is 0 Å². The third-order valence-electron chi connectivity index (χ3n) is 2.42. The number of halogens is 3. The van der Waals surface area contributed by atoms with Crippen LogP contribution in [0.2, 0.25) is 10.0 Å². The highest BCUT2D eigenvalue weighted by Gasteiger charge is 2.04. The van der Waals surface area contributed by atoms with E-state index in [-0.39, 0.29) is 12.4 Å². The molecule has 1 heterocycles. The van der Waals surface area contributed by atoms with Crippen molar-refractivity contribution in [1.29, 1.82) is 0 Å². The van der Waals surface area contributed by atoms with Crippen LogP contribution in [0.15, 0.2) is 28.2 Å². The lowest BCUT2D eigenvalue weighted by Crippen LogP contribution is -1.98. The summed E-state index contributed by atoms with van der Waals surface area (Å²) in [4.78, 5) is 8.69. The summed E-state index contributed by atoms with van der Waals surface area (Å²) in [5.74, 6) is 0. The van der Waals surface area contributed by atoms with Gasteiger partial charge in [-0.2, -0.15) is 0 Å². The predicted molar refractivity (Wildman–Crippen MR) is 77.7 cm³/mol. The standard InChI is InChI=1S/C12H12Cl2N2.ClH/c13-11-4-3-9(6-12(11)14)7-15-8-10-2-1-5-16-10;/h3-4,6-7H,1-2,5,8H2;1H. The van der Waals surface area contributed by atoms with Gasteiger partial charge in [0.25, 0.3) is 0 Å². The Morgan fingerprint density at radius 3 is 2.76 bits per heavy atom. The molecule has 2 rings (SSSR count). The molecule has 0 aromatic heterocycles. The molecule has 0 amide bonds. The Kier molecular flexibility index (Phi) is 5.96. The molecule has 0 atom stereocenters. The van der Waals surface area contributed by atoms with E-state index in [2.05, 4.69) is 9.98 Å². The number of benzene rings is 1. The largest absolute Gasteiger partial charge is 0.292 e. The highest BCUT2D eigenvalue weighted by Crippen LogP contribution is 2.21. The van der Waals surface area contributed by atoms with Gasteiger partial charge in [-0.05, 0) is 30.5 Å². The summed E-state index contributed by atoms with van der Waals surface area (Å²) in [6, 6.07) is 5.48. The topological polar surface area (TPSA) is 24.7 Å². The lowest BCUT2D eigenvalue weighted by Gasteiger charge is -1.97. The number of hydrogen-bond donors (Lipinski definition) is 0. The summed E-state index contributed by atoms with van der Waals surface area (Å²) in [7, 11) is 0. The van der Waals surface area contributed by atoms with Gasteiger partial charge in [-0.15, -0.1) is 12.4 Å². The minimum atomic E-state index is 0. The van der Waals surface area contributed by atoms with E-state index in [1.54, 1.807) is 6.07 Å². The Labute approximate surface area is 117 Å². The van der Waals surface area contributed by atoms with Gasteiger partial charge in [0.15, 0.2) is 0 Å². The fraction of sp³-hybridized carbons (Fsp3) is 0.333. The van der Waals surface area contributed by atoms with E-state index in [4.69, 9.17) is 23.2 Å². The van der Waals surface area contributed by atoms with E-state index >= 15 is 0 Å². The van der Waals surface area contributed by atoms with Gasteiger partial charge in [-0.1, -0.05) is 29.3 Å². The van der Waals surface area contributed by atoms with Gasteiger partial charge in [-0.25, -0.2) is 0 Å². The van der Waals surface area contributed by atoms with Gasteiger partial charge >= 0.3 is 0 Å². The second kappa shape index (κ2) is 7.00. The first kappa shape index (κ1) is 14.5. The summed E-state index contributed by atoms with van der Waals surface area (Å²) >= 11 is 11.7. The minimum Gasteiger partial charge on any atom is -0.292 e. The number of hydrogen-bond acceptors (Lipinski definition) is 2. The number of aliphatic imine (C=N–C) groups is 2. The Balaban J connectivity index is 0.00000144. The molecule has 5 heteroatoms. The third-order valence-corrected chi connectivity index (χ3v) is 3.16. The number of nitrogens with zero attached hydrogens (tertiary/aromatic N) is 2. The molecule has 1 aromatic carbocycles. The minimum absolute atomic E-state index is 0. The quantitative estimate of drug-likeness (QED) is 0.750. The summed E-state index contributed by atoms with van der Waals surface area (Å²) in [6.07, 6.45) is 4.05. The van der Waals surface area contributed by atoms with Gasteiger partial charge in [0.2, 0.25) is 0 Å². The molecule has 0 saturated heterocycles. The van der Waals surface area contributed by atoms with Crippen molar-refractivity contribution in [2.24, 2.45) is 9.98 Å². The maximum Gasteiger partial charge on any atom is 0.0768 e. The maximum absolute atomic E-state index is 5.90. The summed E-state index contributed by atoms with van der Waals surface area (Å²) in [5, 5.41) is 1.13. The Morgan fingerprint density at radius 1 is 1.29 bits per heavy atom. The summed E-state index contributed by atoms with van der Waals surface area (Å²) < 4.78 is 0. The van der Waals surface area contributed by atoms with Crippen LogP contribution in [0.3, 0.4) is 0 Å². The van der Waals surface area contributed by atoms with Crippen molar-refractivity contribution < 1.29 is 0 Å². The molecule has 0 bridgehead atoms. The molecule has 0 aliphatic carbocycles. The summed E-state index contributed by atoms with van der Waals surface area (Å²) in [5.41, 5.74) is 2.16. The molecule has 1 aliphatic rings. The Morgan fingerprint density at radius 2 is 2.12 bits per heavy atom. The zero-order valence-corrected chi connectivity index (χ0v) is 11.5. The van der Waals surface area contributed by atoms with Crippen LogP contribution in [0.5, 0.6) is 0 Å². The average molecular weight is 292 g/mol. The van der Waals surface area contributed by atoms with E-state index in [1.807, 2.05) is 18.3 Å². The SMILES string of the molecule is Cl.Clc1ccc(C=NCC2=NCCC2)cc1Cl. The van der Waals surface area contributed by atoms with Crippen molar-refractivity contribution in [3.05, 3.63) is 33.8 Å². The molecule has 0 fully saturated rings. The van der Waals surface area contributed by atoms with Crippen LogP contribution >= 0.6 is 35.6 Å². The van der Waals surface area contributed by atoms with Crippen LogP contribution in [0.4, 0.5) is 0 Å². The van der Waals surface area contributed by atoms with E-state index in [1.165, 1.54) is 5.71 Å². The van der Waals surface area contributed by atoms with Crippen LogP contribution in [0.1, 0.15) is 18.4 Å². The molecule has 17 heavy (non-hydrogen) atoms. The van der Waals surface area contributed by atoms with Gasteiger partial charge in [-0.3, -0.25) is 9.98 Å². The van der Waals surface area contributed by atoms with Crippen molar-refractivity contribution in [2.75, 3.05) is 13.1 Å². The lowest BCUT2D eigenvalue weighted by atomic mass is 10.2. The van der Waals surface area contributed by atoms with Crippen LogP contribution in [0, 0.1) is 0 Å². The van der Waals surface area contributed by atoms with Gasteiger partial charge in [0.1, 0.15) is 0 Å². The molecule has 92 valence electrons. The van der Waals surface area contributed by atoms with E-state index in [0.29, 0.717) is 16.6 Å². The van der Waals surface area contributed by atoms with Crippen molar-refractivity contribution in [1.82, 2.24) is 0 Å². The molecule has 0 spiro atoms. The van der Waals surface area contributed by atoms with Crippen LogP contribution in [-0.2, 0) is 0 Å². The highest BCUT2D eigenvalue weighted by molar-refractivity contribution is 6.42. The first-order chi connectivity index (χ1) is 7.75.